The second kappa shape index (κ2) is 4.41. The van der Waals surface area contributed by atoms with Gasteiger partial charge in [-0.25, -0.2) is 4.68 Å². The van der Waals surface area contributed by atoms with Crippen LogP contribution in [-0.4, -0.2) is 9.78 Å². The fourth-order valence-corrected chi connectivity index (χ4v) is 1.62. The molecule has 1 heterocycles. The van der Waals surface area contributed by atoms with Crippen LogP contribution < -0.4 is 0 Å². The molecule has 0 N–H and O–H groups in total. The second-order valence-electron chi connectivity index (χ2n) is 3.40. The van der Waals surface area contributed by atoms with Crippen molar-refractivity contribution >= 4 is 11.6 Å². The number of nitrogens with zero attached hydrogens (tertiary/aromatic N) is 2. The lowest BCUT2D eigenvalue weighted by atomic mass is 10.2. The highest BCUT2D eigenvalue weighted by Crippen LogP contribution is 2.33. The largest absolute Gasteiger partial charge is 0.418 e. The Hall–Kier alpha value is -1.49. The predicted octanol–water partition coefficient (Wildman–Crippen LogP) is 3.63. The lowest BCUT2D eigenvalue weighted by Gasteiger charge is -2.12. The van der Waals surface area contributed by atoms with E-state index in [1.165, 1.54) is 29.1 Å². The van der Waals surface area contributed by atoms with Gasteiger partial charge in [0.25, 0.3) is 0 Å². The number of hydrogen-bond acceptors (Lipinski definition) is 1. The van der Waals surface area contributed by atoms with Crippen molar-refractivity contribution in [2.45, 2.75) is 12.1 Å². The van der Waals surface area contributed by atoms with Crippen molar-refractivity contribution in [3.63, 3.8) is 0 Å². The van der Waals surface area contributed by atoms with Crippen molar-refractivity contribution < 1.29 is 13.2 Å². The van der Waals surface area contributed by atoms with Gasteiger partial charge in [-0.05, 0) is 18.2 Å². The molecule has 17 heavy (non-hydrogen) atoms. The van der Waals surface area contributed by atoms with E-state index < -0.39 is 11.7 Å². The average molecular weight is 261 g/mol. The van der Waals surface area contributed by atoms with Crippen LogP contribution in [0.1, 0.15) is 11.3 Å². The molecule has 0 bridgehead atoms. The molecule has 0 fully saturated rings. The molecule has 0 aliphatic carbocycles. The minimum absolute atomic E-state index is 0.00336. The van der Waals surface area contributed by atoms with Gasteiger partial charge in [0.2, 0.25) is 0 Å². The van der Waals surface area contributed by atoms with Crippen LogP contribution in [-0.2, 0) is 12.1 Å². The Kier molecular flexibility index (Phi) is 3.11. The molecular formula is C11H8ClF3N2. The summed E-state index contributed by atoms with van der Waals surface area (Å²) in [5, 5.41) is 3.96. The lowest BCUT2D eigenvalue weighted by molar-refractivity contribution is -0.137. The molecule has 6 heteroatoms. The SMILES string of the molecule is FC(F)(F)c1ccccc1-n1ccc(CCl)n1. The Morgan fingerprint density at radius 3 is 2.47 bits per heavy atom. The molecule has 2 rings (SSSR count). The first-order chi connectivity index (χ1) is 8.02. The van der Waals surface area contributed by atoms with Gasteiger partial charge < -0.3 is 0 Å². The summed E-state index contributed by atoms with van der Waals surface area (Å²) in [5.74, 6) is 0.168. The van der Waals surface area contributed by atoms with Crippen molar-refractivity contribution in [1.82, 2.24) is 9.78 Å². The van der Waals surface area contributed by atoms with E-state index in [1.807, 2.05) is 0 Å². The summed E-state index contributed by atoms with van der Waals surface area (Å²) in [5.41, 5.74) is -0.191. The van der Waals surface area contributed by atoms with Crippen LogP contribution in [0.2, 0.25) is 0 Å². The standard InChI is InChI=1S/C11H8ClF3N2/c12-7-8-5-6-17(16-8)10-4-2-1-3-9(10)11(13,14)15/h1-6H,7H2. The van der Waals surface area contributed by atoms with E-state index in [2.05, 4.69) is 5.10 Å². The molecule has 1 aromatic carbocycles. The van der Waals surface area contributed by atoms with Crippen LogP contribution in [0.5, 0.6) is 0 Å². The van der Waals surface area contributed by atoms with E-state index in [4.69, 9.17) is 11.6 Å². The quantitative estimate of drug-likeness (QED) is 0.754. The van der Waals surface area contributed by atoms with Crippen LogP contribution >= 0.6 is 11.6 Å². The lowest BCUT2D eigenvalue weighted by Crippen LogP contribution is -2.11. The highest BCUT2D eigenvalue weighted by molar-refractivity contribution is 6.16. The number of hydrogen-bond donors (Lipinski definition) is 0. The molecule has 0 radical (unpaired) electrons. The fourth-order valence-electron chi connectivity index (χ4n) is 1.48. The molecule has 0 atom stereocenters. The van der Waals surface area contributed by atoms with Crippen molar-refractivity contribution in [3.05, 3.63) is 47.8 Å². The third-order valence-electron chi connectivity index (χ3n) is 2.24. The predicted molar refractivity (Wildman–Crippen MR) is 58.1 cm³/mol. The average Bonchev–Trinajstić information content (AvgIpc) is 2.76. The number of rotatable bonds is 2. The number of benzene rings is 1. The van der Waals surface area contributed by atoms with Gasteiger partial charge in [-0.2, -0.15) is 18.3 Å². The molecule has 0 saturated heterocycles. The molecule has 0 aliphatic rings. The Morgan fingerprint density at radius 1 is 1.18 bits per heavy atom. The van der Waals surface area contributed by atoms with E-state index in [9.17, 15) is 13.2 Å². The molecular weight excluding hydrogens is 253 g/mol. The normalized spacial score (nSPS) is 11.8. The number of halogens is 4. The smallest absolute Gasteiger partial charge is 0.240 e. The third kappa shape index (κ3) is 2.44. The fraction of sp³-hybridized carbons (Fsp3) is 0.182. The van der Waals surface area contributed by atoms with Gasteiger partial charge in [0.05, 0.1) is 22.8 Å². The topological polar surface area (TPSA) is 17.8 Å². The first-order valence-electron chi connectivity index (χ1n) is 4.79. The van der Waals surface area contributed by atoms with Crippen molar-refractivity contribution in [3.8, 4) is 5.69 Å². The Bertz CT molecular complexity index is 519. The minimum atomic E-state index is -4.40. The number of para-hydroxylation sites is 1. The van der Waals surface area contributed by atoms with E-state index in [0.717, 1.165) is 6.07 Å². The zero-order valence-corrected chi connectivity index (χ0v) is 9.33. The Balaban J connectivity index is 2.52. The Morgan fingerprint density at radius 2 is 1.88 bits per heavy atom. The number of aromatic nitrogens is 2. The Labute approximate surface area is 101 Å². The monoisotopic (exact) mass is 260 g/mol. The zero-order chi connectivity index (χ0) is 12.5. The van der Waals surface area contributed by atoms with Crippen LogP contribution in [0.15, 0.2) is 36.5 Å². The molecule has 0 aliphatic heterocycles. The maximum absolute atomic E-state index is 12.8. The second-order valence-corrected chi connectivity index (χ2v) is 3.67. The molecule has 2 nitrogen and oxygen atoms in total. The van der Waals surface area contributed by atoms with Crippen molar-refractivity contribution in [2.75, 3.05) is 0 Å². The first-order valence-corrected chi connectivity index (χ1v) is 5.33. The molecule has 0 unspecified atom stereocenters. The highest BCUT2D eigenvalue weighted by atomic mass is 35.5. The summed E-state index contributed by atoms with van der Waals surface area (Å²) < 4.78 is 39.4. The van der Waals surface area contributed by atoms with Crippen LogP contribution in [0.4, 0.5) is 13.2 Å². The van der Waals surface area contributed by atoms with Gasteiger partial charge >= 0.3 is 6.18 Å². The van der Waals surface area contributed by atoms with E-state index >= 15 is 0 Å². The molecule has 0 amide bonds. The summed E-state index contributed by atoms with van der Waals surface area (Å²) in [6, 6.07) is 6.86. The summed E-state index contributed by atoms with van der Waals surface area (Å²) in [4.78, 5) is 0. The maximum atomic E-state index is 12.8. The van der Waals surface area contributed by atoms with Gasteiger partial charge in [0, 0.05) is 6.20 Å². The molecule has 2 aromatic rings. The zero-order valence-electron chi connectivity index (χ0n) is 8.58. The molecule has 1 aromatic heterocycles. The van der Waals surface area contributed by atoms with E-state index in [-0.39, 0.29) is 11.6 Å². The van der Waals surface area contributed by atoms with Gasteiger partial charge in [-0.15, -0.1) is 11.6 Å². The molecule has 0 saturated carbocycles. The van der Waals surface area contributed by atoms with Gasteiger partial charge in [-0.1, -0.05) is 12.1 Å². The van der Waals surface area contributed by atoms with Crippen LogP contribution in [0.3, 0.4) is 0 Å². The van der Waals surface area contributed by atoms with Crippen LogP contribution in [0, 0.1) is 0 Å². The van der Waals surface area contributed by atoms with Gasteiger partial charge in [-0.3, -0.25) is 0 Å². The summed E-state index contributed by atoms with van der Waals surface area (Å²) in [6.45, 7) is 0. The maximum Gasteiger partial charge on any atom is 0.418 e. The summed E-state index contributed by atoms with van der Waals surface area (Å²) in [6.07, 6.45) is -2.94. The van der Waals surface area contributed by atoms with Gasteiger partial charge in [0.15, 0.2) is 0 Å². The van der Waals surface area contributed by atoms with Crippen LogP contribution in [0.25, 0.3) is 5.69 Å². The number of alkyl halides is 4. The van der Waals surface area contributed by atoms with Gasteiger partial charge in [0.1, 0.15) is 0 Å². The highest BCUT2D eigenvalue weighted by Gasteiger charge is 2.33. The van der Waals surface area contributed by atoms with Crippen molar-refractivity contribution in [2.24, 2.45) is 0 Å². The summed E-state index contributed by atoms with van der Waals surface area (Å²) >= 11 is 5.56. The summed E-state index contributed by atoms with van der Waals surface area (Å²) in [7, 11) is 0. The van der Waals surface area contributed by atoms with E-state index in [0.29, 0.717) is 5.69 Å². The third-order valence-corrected chi connectivity index (χ3v) is 2.51. The van der Waals surface area contributed by atoms with Crippen molar-refractivity contribution in [1.29, 1.82) is 0 Å². The molecule has 90 valence electrons. The van der Waals surface area contributed by atoms with E-state index in [1.54, 1.807) is 6.07 Å². The minimum Gasteiger partial charge on any atom is -0.240 e. The molecule has 0 spiro atoms. The first kappa shape index (κ1) is 12.0.